The van der Waals surface area contributed by atoms with Crippen LogP contribution in [0.2, 0.25) is 19.6 Å². The predicted octanol–water partition coefficient (Wildman–Crippen LogP) is 2.85. The van der Waals surface area contributed by atoms with Crippen LogP contribution in [0.5, 0.6) is 5.75 Å². The summed E-state index contributed by atoms with van der Waals surface area (Å²) in [6, 6.07) is 5.76. The van der Waals surface area contributed by atoms with Crippen molar-refractivity contribution >= 4 is 13.8 Å². The Hall–Kier alpha value is -1.44. The molecule has 0 aliphatic heterocycles. The van der Waals surface area contributed by atoms with Gasteiger partial charge in [0.1, 0.15) is 27.0 Å². The van der Waals surface area contributed by atoms with Gasteiger partial charge in [-0.05, 0) is 24.6 Å². The van der Waals surface area contributed by atoms with E-state index in [1.807, 2.05) is 25.1 Å². The normalized spacial score (nSPS) is 10.7. The number of nitrogens with two attached hydrogens (primary N) is 1. The van der Waals surface area contributed by atoms with Gasteiger partial charge in [-0.15, -0.1) is 5.54 Å². The fourth-order valence-electron chi connectivity index (χ4n) is 1.43. The Morgan fingerprint density at radius 2 is 1.95 bits per heavy atom. The largest absolute Gasteiger partial charge is 0.489 e. The molecule has 0 aliphatic rings. The molecule has 0 saturated carbocycles. The molecule has 2 N–H and O–H groups in total. The summed E-state index contributed by atoms with van der Waals surface area (Å²) in [6.07, 6.45) is 0. The molecule has 1 rings (SSSR count). The fraction of sp³-hybridized carbons (Fsp3) is 0.467. The molecule has 0 heterocycles. The molecule has 19 heavy (non-hydrogen) atoms. The first-order valence-electron chi connectivity index (χ1n) is 6.45. The van der Waals surface area contributed by atoms with Crippen LogP contribution in [0.4, 0.5) is 5.69 Å². The quantitative estimate of drug-likeness (QED) is 0.389. The molecule has 0 bridgehead atoms. The van der Waals surface area contributed by atoms with Crippen molar-refractivity contribution in [3.8, 4) is 17.2 Å². The number of ether oxygens (including phenoxy) is 2. The maximum atomic E-state index is 5.85. The van der Waals surface area contributed by atoms with E-state index < -0.39 is 8.07 Å². The Balaban J connectivity index is 2.22. The van der Waals surface area contributed by atoms with Crippen molar-refractivity contribution in [1.82, 2.24) is 0 Å². The molecule has 0 amide bonds. The van der Waals surface area contributed by atoms with E-state index in [0.29, 0.717) is 31.3 Å². The zero-order valence-electron chi connectivity index (χ0n) is 12.2. The second kappa shape index (κ2) is 7.22. The summed E-state index contributed by atoms with van der Waals surface area (Å²) >= 11 is 0. The van der Waals surface area contributed by atoms with E-state index in [2.05, 4.69) is 31.1 Å². The van der Waals surface area contributed by atoms with Gasteiger partial charge in [-0.1, -0.05) is 31.6 Å². The number of hydrogen-bond donors (Lipinski definition) is 1. The summed E-state index contributed by atoms with van der Waals surface area (Å²) in [5.74, 6) is 3.76. The molecule has 0 aromatic heterocycles. The molecule has 0 aliphatic carbocycles. The number of rotatable bonds is 5. The summed E-state index contributed by atoms with van der Waals surface area (Å²) < 4.78 is 10.9. The Labute approximate surface area is 117 Å². The average Bonchev–Trinajstić information content (AvgIpc) is 2.29. The monoisotopic (exact) mass is 277 g/mol. The Morgan fingerprint density at radius 3 is 2.58 bits per heavy atom. The van der Waals surface area contributed by atoms with Crippen LogP contribution in [0.25, 0.3) is 0 Å². The summed E-state index contributed by atoms with van der Waals surface area (Å²) in [6.45, 7) is 10.1. The van der Waals surface area contributed by atoms with Crippen LogP contribution < -0.4 is 10.5 Å². The van der Waals surface area contributed by atoms with Crippen molar-refractivity contribution in [1.29, 1.82) is 0 Å². The van der Waals surface area contributed by atoms with E-state index in [1.54, 1.807) is 0 Å². The summed E-state index contributed by atoms with van der Waals surface area (Å²) in [5, 5.41) is 0. The van der Waals surface area contributed by atoms with Gasteiger partial charge in [0, 0.05) is 0 Å². The Kier molecular flexibility index (Phi) is 5.93. The van der Waals surface area contributed by atoms with E-state index in [0.717, 1.165) is 5.56 Å². The van der Waals surface area contributed by atoms with Crippen molar-refractivity contribution in [2.24, 2.45) is 0 Å². The first kappa shape index (κ1) is 15.6. The van der Waals surface area contributed by atoms with Crippen molar-refractivity contribution < 1.29 is 9.47 Å². The van der Waals surface area contributed by atoms with Gasteiger partial charge in [0.2, 0.25) is 0 Å². The molecule has 1 aromatic rings. The van der Waals surface area contributed by atoms with Gasteiger partial charge < -0.3 is 15.2 Å². The maximum Gasteiger partial charge on any atom is 0.142 e. The molecule has 0 fully saturated rings. The van der Waals surface area contributed by atoms with Crippen LogP contribution in [0, 0.1) is 18.4 Å². The number of anilines is 1. The lowest BCUT2D eigenvalue weighted by molar-refractivity contribution is 0.125. The van der Waals surface area contributed by atoms with E-state index in [-0.39, 0.29) is 0 Å². The number of benzene rings is 1. The standard InChI is InChI=1S/C15H23NO2Si/c1-13-6-7-15(14(16)12-13)18-10-9-17-8-5-11-19(2,3)4/h6-7,12H,8-10,16H2,1-4H3. The molecule has 0 spiro atoms. The lowest BCUT2D eigenvalue weighted by Crippen LogP contribution is -2.16. The fourth-order valence-corrected chi connectivity index (χ4v) is 2.04. The average molecular weight is 277 g/mol. The molecular weight excluding hydrogens is 254 g/mol. The van der Waals surface area contributed by atoms with Crippen molar-refractivity contribution in [2.75, 3.05) is 25.6 Å². The summed E-state index contributed by atoms with van der Waals surface area (Å²) in [4.78, 5) is 0. The van der Waals surface area contributed by atoms with Crippen LogP contribution in [-0.2, 0) is 4.74 Å². The summed E-state index contributed by atoms with van der Waals surface area (Å²) in [7, 11) is -1.28. The van der Waals surface area contributed by atoms with Crippen LogP contribution >= 0.6 is 0 Å². The minimum atomic E-state index is -1.28. The Bertz CT molecular complexity index is 469. The highest BCUT2D eigenvalue weighted by molar-refractivity contribution is 6.83. The molecule has 0 atom stereocenters. The second-order valence-electron chi connectivity index (χ2n) is 5.49. The van der Waals surface area contributed by atoms with E-state index in [4.69, 9.17) is 15.2 Å². The molecule has 0 saturated heterocycles. The highest BCUT2D eigenvalue weighted by Crippen LogP contribution is 2.21. The molecule has 1 aromatic carbocycles. The van der Waals surface area contributed by atoms with Gasteiger partial charge in [-0.25, -0.2) is 0 Å². The van der Waals surface area contributed by atoms with Gasteiger partial charge >= 0.3 is 0 Å². The lowest BCUT2D eigenvalue weighted by atomic mass is 10.2. The first-order valence-corrected chi connectivity index (χ1v) is 9.95. The van der Waals surface area contributed by atoms with Gasteiger partial charge in [0.25, 0.3) is 0 Å². The maximum absolute atomic E-state index is 5.85. The molecule has 0 unspecified atom stereocenters. The van der Waals surface area contributed by atoms with Crippen LogP contribution in [0.1, 0.15) is 5.56 Å². The van der Waals surface area contributed by atoms with Crippen molar-refractivity contribution in [2.45, 2.75) is 26.6 Å². The minimum Gasteiger partial charge on any atom is -0.489 e. The number of hydrogen-bond acceptors (Lipinski definition) is 3. The predicted molar refractivity (Wildman–Crippen MR) is 83.0 cm³/mol. The van der Waals surface area contributed by atoms with Gasteiger partial charge in [-0.3, -0.25) is 0 Å². The third kappa shape index (κ3) is 6.90. The van der Waals surface area contributed by atoms with Crippen molar-refractivity contribution in [3.63, 3.8) is 0 Å². The zero-order chi connectivity index (χ0) is 14.3. The number of nitrogen functional groups attached to an aromatic ring is 1. The highest BCUT2D eigenvalue weighted by Gasteiger charge is 2.06. The third-order valence-corrected chi connectivity index (χ3v) is 3.21. The highest BCUT2D eigenvalue weighted by atomic mass is 28.3. The molecule has 3 nitrogen and oxygen atoms in total. The number of aryl methyl sites for hydroxylation is 1. The zero-order valence-corrected chi connectivity index (χ0v) is 13.2. The smallest absolute Gasteiger partial charge is 0.142 e. The topological polar surface area (TPSA) is 44.5 Å². The van der Waals surface area contributed by atoms with Crippen LogP contribution in [-0.4, -0.2) is 27.9 Å². The first-order chi connectivity index (χ1) is 8.88. The molecule has 104 valence electrons. The minimum absolute atomic E-state index is 0.469. The van der Waals surface area contributed by atoms with Crippen LogP contribution in [0.15, 0.2) is 18.2 Å². The van der Waals surface area contributed by atoms with Crippen LogP contribution in [0.3, 0.4) is 0 Å². The SMILES string of the molecule is Cc1ccc(OCCOCC#C[Si](C)(C)C)c(N)c1. The summed E-state index contributed by atoms with van der Waals surface area (Å²) in [5.41, 5.74) is 10.9. The van der Waals surface area contributed by atoms with E-state index in [1.165, 1.54) is 0 Å². The van der Waals surface area contributed by atoms with Gasteiger partial charge in [0.15, 0.2) is 0 Å². The molecular formula is C15H23NO2Si. The third-order valence-electron chi connectivity index (χ3n) is 2.29. The molecule has 4 heteroatoms. The van der Waals surface area contributed by atoms with Gasteiger partial charge in [0.05, 0.1) is 12.3 Å². The van der Waals surface area contributed by atoms with Crippen molar-refractivity contribution in [3.05, 3.63) is 23.8 Å². The van der Waals surface area contributed by atoms with E-state index in [9.17, 15) is 0 Å². The Morgan fingerprint density at radius 1 is 1.21 bits per heavy atom. The van der Waals surface area contributed by atoms with E-state index >= 15 is 0 Å². The molecule has 0 radical (unpaired) electrons. The van der Waals surface area contributed by atoms with Gasteiger partial charge in [-0.2, -0.15) is 0 Å². The lowest BCUT2D eigenvalue weighted by Gasteiger charge is -2.09. The second-order valence-corrected chi connectivity index (χ2v) is 10.2.